The van der Waals surface area contributed by atoms with Crippen LogP contribution in [0.1, 0.15) is 34.4 Å². The number of aromatic nitrogens is 1. The number of aryl methyl sites for hydroxylation is 2. The third-order valence-corrected chi connectivity index (χ3v) is 7.27. The van der Waals surface area contributed by atoms with Crippen LogP contribution in [-0.4, -0.2) is 40.9 Å². The van der Waals surface area contributed by atoms with Gasteiger partial charge in [-0.15, -0.1) is 11.3 Å². The molecule has 0 radical (unpaired) electrons. The number of ether oxygens (including phenoxy) is 1. The summed E-state index contributed by atoms with van der Waals surface area (Å²) in [6.45, 7) is 7.20. The second kappa shape index (κ2) is 8.63. The van der Waals surface area contributed by atoms with E-state index in [0.29, 0.717) is 30.9 Å². The first-order chi connectivity index (χ1) is 15.9. The summed E-state index contributed by atoms with van der Waals surface area (Å²) in [7, 11) is 0. The summed E-state index contributed by atoms with van der Waals surface area (Å²) < 4.78 is 5.99. The lowest BCUT2D eigenvalue weighted by Gasteiger charge is -2.36. The van der Waals surface area contributed by atoms with Gasteiger partial charge < -0.3 is 9.64 Å². The third-order valence-electron chi connectivity index (χ3n) is 6.38. The number of thiazole rings is 1. The van der Waals surface area contributed by atoms with Crippen molar-refractivity contribution in [3.05, 3.63) is 63.5 Å². The molecule has 2 amide bonds. The van der Waals surface area contributed by atoms with Crippen molar-refractivity contribution in [2.24, 2.45) is 0 Å². The van der Waals surface area contributed by atoms with Crippen molar-refractivity contribution in [2.45, 2.75) is 46.3 Å². The van der Waals surface area contributed by atoms with Crippen LogP contribution in [-0.2, 0) is 22.6 Å². The van der Waals surface area contributed by atoms with Crippen LogP contribution in [0.25, 0.3) is 11.3 Å². The SMILES string of the molecule is CCC1Oc2ccc(-c3nc(C)sc3C)cc2N(CC(=O)N2CCc3ccccc3C2)C1=O. The van der Waals surface area contributed by atoms with Crippen molar-refractivity contribution >= 4 is 28.8 Å². The first-order valence-corrected chi connectivity index (χ1v) is 12.2. The molecular formula is C26H27N3O3S. The number of carbonyl (C=O) groups excluding carboxylic acids is 2. The van der Waals surface area contributed by atoms with Gasteiger partial charge in [0.15, 0.2) is 6.10 Å². The zero-order valence-electron chi connectivity index (χ0n) is 19.1. The Bertz CT molecular complexity index is 1240. The predicted octanol–water partition coefficient (Wildman–Crippen LogP) is 4.52. The molecule has 6 nitrogen and oxygen atoms in total. The zero-order valence-corrected chi connectivity index (χ0v) is 19.9. The van der Waals surface area contributed by atoms with E-state index in [1.807, 2.05) is 56.0 Å². The molecule has 3 aromatic rings. The Morgan fingerprint density at radius 1 is 1.18 bits per heavy atom. The van der Waals surface area contributed by atoms with Gasteiger partial charge in [-0.3, -0.25) is 14.5 Å². The number of anilines is 1. The summed E-state index contributed by atoms with van der Waals surface area (Å²) in [4.78, 5) is 35.8. The minimum atomic E-state index is -0.582. The number of hydrogen-bond acceptors (Lipinski definition) is 5. The monoisotopic (exact) mass is 461 g/mol. The molecule has 0 N–H and O–H groups in total. The number of amides is 2. The van der Waals surface area contributed by atoms with Crippen LogP contribution in [0.3, 0.4) is 0 Å². The molecule has 1 aromatic heterocycles. The van der Waals surface area contributed by atoms with Crippen LogP contribution in [0.15, 0.2) is 42.5 Å². The first kappa shape index (κ1) is 21.6. The number of hydrogen-bond donors (Lipinski definition) is 0. The quantitative estimate of drug-likeness (QED) is 0.573. The molecule has 0 bridgehead atoms. The Balaban J connectivity index is 1.45. The fourth-order valence-corrected chi connectivity index (χ4v) is 5.47. The average molecular weight is 462 g/mol. The lowest BCUT2D eigenvalue weighted by atomic mass is 10.00. The van der Waals surface area contributed by atoms with Crippen LogP contribution in [0.2, 0.25) is 0 Å². The van der Waals surface area contributed by atoms with Gasteiger partial charge in [-0.25, -0.2) is 4.98 Å². The van der Waals surface area contributed by atoms with Crippen LogP contribution in [0, 0.1) is 13.8 Å². The van der Waals surface area contributed by atoms with Crippen molar-refractivity contribution in [2.75, 3.05) is 18.0 Å². The van der Waals surface area contributed by atoms with Gasteiger partial charge in [0.2, 0.25) is 5.91 Å². The van der Waals surface area contributed by atoms with Gasteiger partial charge in [-0.05, 0) is 56.0 Å². The Labute approximate surface area is 197 Å². The second-order valence-electron chi connectivity index (χ2n) is 8.59. The topological polar surface area (TPSA) is 62.7 Å². The normalized spacial score (nSPS) is 17.4. The summed E-state index contributed by atoms with van der Waals surface area (Å²) in [6, 6.07) is 14.0. The van der Waals surface area contributed by atoms with Gasteiger partial charge in [-0.2, -0.15) is 0 Å². The highest BCUT2D eigenvalue weighted by molar-refractivity contribution is 7.11. The minimum Gasteiger partial charge on any atom is -0.478 e. The van der Waals surface area contributed by atoms with E-state index in [1.54, 1.807) is 16.2 Å². The number of fused-ring (bicyclic) bond motifs is 2. The Morgan fingerprint density at radius 2 is 1.97 bits per heavy atom. The average Bonchev–Trinajstić information content (AvgIpc) is 3.17. The molecule has 5 rings (SSSR count). The first-order valence-electron chi connectivity index (χ1n) is 11.4. The number of carbonyl (C=O) groups is 2. The molecule has 170 valence electrons. The van der Waals surface area contributed by atoms with E-state index < -0.39 is 6.10 Å². The number of rotatable bonds is 4. The van der Waals surface area contributed by atoms with E-state index in [0.717, 1.165) is 27.6 Å². The van der Waals surface area contributed by atoms with E-state index in [1.165, 1.54) is 11.1 Å². The molecule has 2 aliphatic heterocycles. The molecule has 0 spiro atoms. The van der Waals surface area contributed by atoms with E-state index in [2.05, 4.69) is 17.1 Å². The van der Waals surface area contributed by atoms with Gasteiger partial charge in [-0.1, -0.05) is 31.2 Å². The van der Waals surface area contributed by atoms with Crippen molar-refractivity contribution in [3.63, 3.8) is 0 Å². The largest absolute Gasteiger partial charge is 0.478 e. The Morgan fingerprint density at radius 3 is 2.70 bits per heavy atom. The van der Waals surface area contributed by atoms with Crippen molar-refractivity contribution < 1.29 is 14.3 Å². The second-order valence-corrected chi connectivity index (χ2v) is 10.0. The zero-order chi connectivity index (χ0) is 23.1. The van der Waals surface area contributed by atoms with Crippen molar-refractivity contribution in [1.29, 1.82) is 0 Å². The lowest BCUT2D eigenvalue weighted by Crippen LogP contribution is -2.50. The molecule has 2 aliphatic rings. The predicted molar refractivity (Wildman–Crippen MR) is 130 cm³/mol. The Hall–Kier alpha value is -3.19. The summed E-state index contributed by atoms with van der Waals surface area (Å²) in [6.07, 6.45) is 0.799. The maximum Gasteiger partial charge on any atom is 0.268 e. The molecule has 0 fully saturated rings. The van der Waals surface area contributed by atoms with Crippen LogP contribution in [0.5, 0.6) is 5.75 Å². The van der Waals surface area contributed by atoms with E-state index in [9.17, 15) is 9.59 Å². The van der Waals surface area contributed by atoms with E-state index in [-0.39, 0.29) is 18.4 Å². The van der Waals surface area contributed by atoms with Crippen LogP contribution >= 0.6 is 11.3 Å². The molecule has 7 heteroatoms. The van der Waals surface area contributed by atoms with Gasteiger partial charge >= 0.3 is 0 Å². The van der Waals surface area contributed by atoms with Gasteiger partial charge in [0.05, 0.1) is 16.4 Å². The fraction of sp³-hybridized carbons (Fsp3) is 0.346. The molecular weight excluding hydrogens is 434 g/mol. The van der Waals surface area contributed by atoms with Crippen LogP contribution < -0.4 is 9.64 Å². The van der Waals surface area contributed by atoms with Gasteiger partial charge in [0.1, 0.15) is 12.3 Å². The molecule has 33 heavy (non-hydrogen) atoms. The van der Waals surface area contributed by atoms with Crippen LogP contribution in [0.4, 0.5) is 5.69 Å². The maximum absolute atomic E-state index is 13.3. The van der Waals surface area contributed by atoms with Crippen molar-refractivity contribution in [1.82, 2.24) is 9.88 Å². The highest BCUT2D eigenvalue weighted by Gasteiger charge is 2.36. The molecule has 3 heterocycles. The van der Waals surface area contributed by atoms with E-state index >= 15 is 0 Å². The summed E-state index contributed by atoms with van der Waals surface area (Å²) in [5.41, 5.74) is 4.93. The fourth-order valence-electron chi connectivity index (χ4n) is 4.63. The molecule has 1 atom stereocenters. The smallest absolute Gasteiger partial charge is 0.268 e. The Kier molecular flexibility index (Phi) is 5.66. The summed E-state index contributed by atoms with van der Waals surface area (Å²) >= 11 is 1.65. The lowest BCUT2D eigenvalue weighted by molar-refractivity contribution is -0.134. The molecule has 0 saturated carbocycles. The molecule has 1 unspecified atom stereocenters. The highest BCUT2D eigenvalue weighted by Crippen LogP contribution is 2.39. The number of nitrogens with zero attached hydrogens (tertiary/aromatic N) is 3. The minimum absolute atomic E-state index is 0.00634. The maximum atomic E-state index is 13.3. The third kappa shape index (κ3) is 4.02. The van der Waals surface area contributed by atoms with Crippen molar-refractivity contribution in [3.8, 4) is 17.0 Å². The molecule has 0 aliphatic carbocycles. The molecule has 0 saturated heterocycles. The molecule has 2 aromatic carbocycles. The highest BCUT2D eigenvalue weighted by atomic mass is 32.1. The standard InChI is InChI=1S/C26H27N3O3S/c1-4-22-26(31)29(15-24(30)28-12-11-18-7-5-6-8-20(18)14-28)21-13-19(9-10-23(21)32-22)25-16(2)33-17(3)27-25/h5-10,13,22H,4,11-12,14-15H2,1-3H3. The number of benzene rings is 2. The van der Waals surface area contributed by atoms with Gasteiger partial charge in [0, 0.05) is 23.5 Å². The van der Waals surface area contributed by atoms with E-state index in [4.69, 9.17) is 4.74 Å². The summed E-state index contributed by atoms with van der Waals surface area (Å²) in [5.74, 6) is 0.414. The summed E-state index contributed by atoms with van der Waals surface area (Å²) in [5, 5.41) is 0.996. The van der Waals surface area contributed by atoms with Gasteiger partial charge in [0.25, 0.3) is 5.91 Å².